The van der Waals surface area contributed by atoms with Gasteiger partial charge in [0.05, 0.1) is 10.5 Å². The summed E-state index contributed by atoms with van der Waals surface area (Å²) in [6, 6.07) is 0. The topological polar surface area (TPSA) is 34.1 Å². The summed E-state index contributed by atoms with van der Waals surface area (Å²) in [5, 5.41) is 1.67. The molecule has 0 rings (SSSR count). The van der Waals surface area contributed by atoms with E-state index in [1.807, 2.05) is 0 Å². The van der Waals surface area contributed by atoms with Gasteiger partial charge in [-0.05, 0) is 44.9 Å². The van der Waals surface area contributed by atoms with Crippen LogP contribution in [-0.4, -0.2) is 29.6 Å². The molecule has 0 radical (unpaired) electrons. The predicted molar refractivity (Wildman–Crippen MR) is 87.6 cm³/mol. The monoisotopic (exact) mass is 404 g/mol. The van der Waals surface area contributed by atoms with Gasteiger partial charge in [0, 0.05) is 10.7 Å². The Balaban J connectivity index is 4.84. The number of hydrogen-bond acceptors (Lipinski definition) is 2. The summed E-state index contributed by atoms with van der Waals surface area (Å²) in [5.74, 6) is 0.831. The molecule has 18 heavy (non-hydrogen) atoms. The molecule has 0 unspecified atom stereocenters. The molecule has 110 valence electrons. The first-order valence-electron chi connectivity index (χ1n) is 6.34. The fourth-order valence-corrected chi connectivity index (χ4v) is 5.16. The number of rotatable bonds is 7. The Morgan fingerprint density at radius 3 is 1.78 bits per heavy atom. The molecule has 0 atom stereocenters. The van der Waals surface area contributed by atoms with E-state index in [2.05, 4.69) is 45.7 Å². The van der Waals surface area contributed by atoms with Crippen molar-refractivity contribution in [1.82, 2.24) is 0 Å². The number of alkyl halides is 2. The third kappa shape index (κ3) is 5.49. The van der Waals surface area contributed by atoms with Crippen LogP contribution in [0.5, 0.6) is 0 Å². The first kappa shape index (κ1) is 18.9. The van der Waals surface area contributed by atoms with Crippen LogP contribution in [0.1, 0.15) is 47.5 Å². The van der Waals surface area contributed by atoms with Gasteiger partial charge in [0.1, 0.15) is 0 Å². The number of hydrogen-bond donors (Lipinski definition) is 0. The van der Waals surface area contributed by atoms with E-state index in [0.29, 0.717) is 12.3 Å². The Morgan fingerprint density at radius 2 is 1.50 bits per heavy atom. The molecule has 0 bridgehead atoms. The highest BCUT2D eigenvalue weighted by molar-refractivity contribution is 9.09. The van der Waals surface area contributed by atoms with Crippen molar-refractivity contribution < 1.29 is 8.42 Å². The predicted octanol–water partition coefficient (Wildman–Crippen LogP) is 4.41. The van der Waals surface area contributed by atoms with Crippen LogP contribution in [0.25, 0.3) is 0 Å². The van der Waals surface area contributed by atoms with Crippen LogP contribution >= 0.6 is 31.9 Å². The van der Waals surface area contributed by atoms with Gasteiger partial charge in [-0.25, -0.2) is 8.42 Å². The lowest BCUT2D eigenvalue weighted by molar-refractivity contribution is 0.296. The van der Waals surface area contributed by atoms with Gasteiger partial charge >= 0.3 is 0 Å². The first-order valence-corrected chi connectivity index (χ1v) is 10.2. The second kappa shape index (κ2) is 7.07. The molecule has 0 aliphatic carbocycles. The Hall–Kier alpha value is 0.910. The molecule has 0 amide bonds. The highest BCUT2D eigenvalue weighted by Gasteiger charge is 2.34. The molecule has 0 spiro atoms. The van der Waals surface area contributed by atoms with Gasteiger partial charge in [-0.2, -0.15) is 0 Å². The molecule has 2 nitrogen and oxygen atoms in total. The van der Waals surface area contributed by atoms with E-state index in [4.69, 9.17) is 0 Å². The summed E-state index contributed by atoms with van der Waals surface area (Å²) in [5.41, 5.74) is 0.0342. The largest absolute Gasteiger partial charge is 0.228 e. The molecule has 0 aliphatic heterocycles. The standard InChI is InChI=1S/C13H26Br2O2S/c1-11(2)8-13(9-14,10-15)6-7-18(16,17)12(3,4)5/h11H,6-10H2,1-5H3. The smallest absolute Gasteiger partial charge is 0.155 e. The van der Waals surface area contributed by atoms with Crippen molar-refractivity contribution in [1.29, 1.82) is 0 Å². The molecule has 0 aliphatic rings. The first-order chi connectivity index (χ1) is 7.99. The highest BCUT2D eigenvalue weighted by atomic mass is 79.9. The van der Waals surface area contributed by atoms with Crippen LogP contribution in [-0.2, 0) is 9.84 Å². The van der Waals surface area contributed by atoms with Crippen molar-refractivity contribution in [2.24, 2.45) is 11.3 Å². The number of halogens is 2. The Morgan fingerprint density at radius 1 is 1.06 bits per heavy atom. The molecule has 0 aromatic carbocycles. The fourth-order valence-electron chi connectivity index (χ4n) is 1.90. The molecular formula is C13H26Br2O2S. The maximum Gasteiger partial charge on any atom is 0.155 e. The van der Waals surface area contributed by atoms with Crippen LogP contribution in [0, 0.1) is 11.3 Å². The van der Waals surface area contributed by atoms with Crippen molar-refractivity contribution in [2.45, 2.75) is 52.2 Å². The summed E-state index contributed by atoms with van der Waals surface area (Å²) in [6.45, 7) is 9.68. The average Bonchev–Trinajstić information content (AvgIpc) is 2.22. The molecule has 0 saturated heterocycles. The lowest BCUT2D eigenvalue weighted by Crippen LogP contribution is -2.35. The summed E-state index contributed by atoms with van der Waals surface area (Å²) in [6.07, 6.45) is 1.74. The molecule has 5 heteroatoms. The quantitative estimate of drug-likeness (QED) is 0.587. The Bertz CT molecular complexity index is 338. The SMILES string of the molecule is CC(C)CC(CBr)(CBr)CCS(=O)(=O)C(C)(C)C. The zero-order chi connectivity index (χ0) is 14.6. The Labute approximate surface area is 129 Å². The summed E-state index contributed by atoms with van der Waals surface area (Å²) < 4.78 is 23.7. The van der Waals surface area contributed by atoms with Gasteiger partial charge in [-0.3, -0.25) is 0 Å². The highest BCUT2D eigenvalue weighted by Crippen LogP contribution is 2.36. The van der Waals surface area contributed by atoms with Gasteiger partial charge in [-0.15, -0.1) is 0 Å². The van der Waals surface area contributed by atoms with Crippen molar-refractivity contribution in [2.75, 3.05) is 16.4 Å². The summed E-state index contributed by atoms with van der Waals surface area (Å²) >= 11 is 7.11. The zero-order valence-electron chi connectivity index (χ0n) is 12.1. The second-order valence-electron chi connectivity index (χ2n) is 6.55. The van der Waals surface area contributed by atoms with E-state index in [1.54, 1.807) is 20.8 Å². The van der Waals surface area contributed by atoms with Gasteiger partial charge in [0.15, 0.2) is 9.84 Å². The van der Waals surface area contributed by atoms with Crippen LogP contribution in [0.2, 0.25) is 0 Å². The minimum Gasteiger partial charge on any atom is -0.228 e. The van der Waals surface area contributed by atoms with Gasteiger partial charge in [0.2, 0.25) is 0 Å². The minimum absolute atomic E-state index is 0.0342. The minimum atomic E-state index is -3.03. The maximum atomic E-state index is 12.2. The van der Waals surface area contributed by atoms with Crippen molar-refractivity contribution in [3.63, 3.8) is 0 Å². The van der Waals surface area contributed by atoms with Gasteiger partial charge in [0.25, 0.3) is 0 Å². The van der Waals surface area contributed by atoms with E-state index in [1.165, 1.54) is 0 Å². The van der Waals surface area contributed by atoms with Crippen LogP contribution in [0.3, 0.4) is 0 Å². The van der Waals surface area contributed by atoms with Crippen molar-refractivity contribution in [3.8, 4) is 0 Å². The lowest BCUT2D eigenvalue weighted by atomic mass is 9.82. The third-order valence-electron chi connectivity index (χ3n) is 3.24. The van der Waals surface area contributed by atoms with E-state index in [9.17, 15) is 8.42 Å². The van der Waals surface area contributed by atoms with E-state index < -0.39 is 14.6 Å². The average molecular weight is 406 g/mol. The van der Waals surface area contributed by atoms with Crippen molar-refractivity contribution in [3.05, 3.63) is 0 Å². The van der Waals surface area contributed by atoms with Gasteiger partial charge in [-0.1, -0.05) is 45.7 Å². The van der Waals surface area contributed by atoms with Crippen LogP contribution in [0.15, 0.2) is 0 Å². The second-order valence-corrected chi connectivity index (χ2v) is 10.5. The molecule has 0 heterocycles. The lowest BCUT2D eigenvalue weighted by Gasteiger charge is -2.33. The van der Waals surface area contributed by atoms with Crippen LogP contribution in [0.4, 0.5) is 0 Å². The van der Waals surface area contributed by atoms with Crippen molar-refractivity contribution >= 4 is 41.7 Å². The molecular weight excluding hydrogens is 380 g/mol. The van der Waals surface area contributed by atoms with E-state index >= 15 is 0 Å². The van der Waals surface area contributed by atoms with Crippen LogP contribution < -0.4 is 0 Å². The molecule has 0 aromatic rings. The molecule has 0 N–H and O–H groups in total. The fraction of sp³-hybridized carbons (Fsp3) is 1.00. The van der Waals surface area contributed by atoms with Gasteiger partial charge < -0.3 is 0 Å². The number of sulfone groups is 1. The zero-order valence-corrected chi connectivity index (χ0v) is 16.1. The van der Waals surface area contributed by atoms with E-state index in [-0.39, 0.29) is 11.2 Å². The molecule has 0 saturated carbocycles. The van der Waals surface area contributed by atoms with E-state index in [0.717, 1.165) is 17.1 Å². The summed E-state index contributed by atoms with van der Waals surface area (Å²) in [7, 11) is -3.03. The molecule has 0 aromatic heterocycles. The third-order valence-corrected chi connectivity index (χ3v) is 8.23. The maximum absolute atomic E-state index is 12.2. The molecule has 0 fully saturated rings. The normalized spacial score (nSPS) is 14.2. The summed E-state index contributed by atoms with van der Waals surface area (Å²) in [4.78, 5) is 0. The Kier molecular flexibility index (Phi) is 7.43.